The zero-order chi connectivity index (χ0) is 13.0. The van der Waals surface area contributed by atoms with E-state index in [0.717, 1.165) is 19.0 Å². The third-order valence-corrected chi connectivity index (χ3v) is 4.35. The molecule has 1 aromatic rings. The molecule has 0 bridgehead atoms. The summed E-state index contributed by atoms with van der Waals surface area (Å²) in [6.07, 6.45) is 2.38. The largest absolute Gasteiger partial charge is 0.328 e. The van der Waals surface area contributed by atoms with Gasteiger partial charge in [-0.2, -0.15) is 0 Å². The van der Waals surface area contributed by atoms with Crippen molar-refractivity contribution < 1.29 is 0 Å². The van der Waals surface area contributed by atoms with Crippen molar-refractivity contribution >= 4 is 11.8 Å². The standard InChI is InChI=1S/C15H24N2S/c1-11(2)18-15-5-3-12(4-6-15)9-17-10-13-7-14(16)8-13/h3-6,11,13-14,17H,7-10,16H2,1-2H3. The third kappa shape index (κ3) is 4.30. The summed E-state index contributed by atoms with van der Waals surface area (Å²) in [5.41, 5.74) is 7.15. The van der Waals surface area contributed by atoms with Crippen molar-refractivity contribution in [3.05, 3.63) is 29.8 Å². The van der Waals surface area contributed by atoms with Crippen LogP contribution in [0.1, 0.15) is 32.3 Å². The van der Waals surface area contributed by atoms with Crippen molar-refractivity contribution in [1.82, 2.24) is 5.32 Å². The maximum Gasteiger partial charge on any atom is 0.0205 e. The van der Waals surface area contributed by atoms with Crippen LogP contribution in [0.15, 0.2) is 29.2 Å². The minimum atomic E-state index is 0.462. The second kappa shape index (κ2) is 6.60. The van der Waals surface area contributed by atoms with Crippen LogP contribution in [-0.2, 0) is 6.54 Å². The maximum absolute atomic E-state index is 5.78. The molecule has 100 valence electrons. The summed E-state index contributed by atoms with van der Waals surface area (Å²) in [6, 6.07) is 9.36. The van der Waals surface area contributed by atoms with E-state index in [9.17, 15) is 0 Å². The molecule has 0 saturated heterocycles. The zero-order valence-electron chi connectivity index (χ0n) is 11.4. The van der Waals surface area contributed by atoms with Crippen molar-refractivity contribution in [2.45, 2.75) is 49.4 Å². The van der Waals surface area contributed by atoms with E-state index in [0.29, 0.717) is 11.3 Å². The number of hydrogen-bond acceptors (Lipinski definition) is 3. The van der Waals surface area contributed by atoms with Gasteiger partial charge in [0.15, 0.2) is 0 Å². The molecule has 1 fully saturated rings. The van der Waals surface area contributed by atoms with Crippen LogP contribution in [0, 0.1) is 5.92 Å². The first-order chi connectivity index (χ1) is 8.63. The Morgan fingerprint density at radius 2 is 1.94 bits per heavy atom. The highest BCUT2D eigenvalue weighted by Crippen LogP contribution is 2.25. The lowest BCUT2D eigenvalue weighted by Crippen LogP contribution is -2.41. The monoisotopic (exact) mass is 264 g/mol. The first-order valence-corrected chi connectivity index (χ1v) is 7.73. The van der Waals surface area contributed by atoms with Crippen LogP contribution < -0.4 is 11.1 Å². The Kier molecular flexibility index (Phi) is 5.10. The molecule has 0 spiro atoms. The SMILES string of the molecule is CC(C)Sc1ccc(CNCC2CC(N)C2)cc1. The average Bonchev–Trinajstić information content (AvgIpc) is 2.28. The molecular weight excluding hydrogens is 240 g/mol. The van der Waals surface area contributed by atoms with Crippen LogP contribution in [-0.4, -0.2) is 17.8 Å². The van der Waals surface area contributed by atoms with Crippen LogP contribution in [0.3, 0.4) is 0 Å². The van der Waals surface area contributed by atoms with Gasteiger partial charge in [0.1, 0.15) is 0 Å². The molecule has 0 aromatic heterocycles. The summed E-state index contributed by atoms with van der Waals surface area (Å²) in [7, 11) is 0. The van der Waals surface area contributed by atoms with Gasteiger partial charge in [0.25, 0.3) is 0 Å². The lowest BCUT2D eigenvalue weighted by Gasteiger charge is -2.32. The highest BCUT2D eigenvalue weighted by molar-refractivity contribution is 7.99. The number of hydrogen-bond donors (Lipinski definition) is 2. The summed E-state index contributed by atoms with van der Waals surface area (Å²) in [5, 5.41) is 4.17. The zero-order valence-corrected chi connectivity index (χ0v) is 12.2. The minimum Gasteiger partial charge on any atom is -0.328 e. The predicted molar refractivity (Wildman–Crippen MR) is 79.8 cm³/mol. The Labute approximate surface area is 115 Å². The third-order valence-electron chi connectivity index (χ3n) is 3.33. The number of nitrogens with two attached hydrogens (primary N) is 1. The molecule has 2 rings (SSSR count). The lowest BCUT2D eigenvalue weighted by atomic mass is 9.81. The predicted octanol–water partition coefficient (Wildman–Crippen LogP) is 3.01. The summed E-state index contributed by atoms with van der Waals surface area (Å²) in [5.74, 6) is 0.802. The van der Waals surface area contributed by atoms with Gasteiger partial charge in [0.2, 0.25) is 0 Å². The van der Waals surface area contributed by atoms with Crippen molar-refractivity contribution in [1.29, 1.82) is 0 Å². The molecule has 0 aliphatic heterocycles. The molecule has 0 heterocycles. The Bertz CT molecular complexity index is 355. The van der Waals surface area contributed by atoms with Gasteiger partial charge in [-0.15, -0.1) is 11.8 Å². The Morgan fingerprint density at radius 1 is 1.28 bits per heavy atom. The average molecular weight is 264 g/mol. The minimum absolute atomic E-state index is 0.462. The van der Waals surface area contributed by atoms with Crippen molar-refractivity contribution in [3.8, 4) is 0 Å². The first kappa shape index (κ1) is 13.9. The molecule has 1 aliphatic carbocycles. The topological polar surface area (TPSA) is 38.0 Å². The Morgan fingerprint density at radius 3 is 2.50 bits per heavy atom. The highest BCUT2D eigenvalue weighted by Gasteiger charge is 2.24. The number of nitrogens with one attached hydrogen (secondary N) is 1. The molecule has 2 nitrogen and oxygen atoms in total. The fraction of sp³-hybridized carbons (Fsp3) is 0.600. The summed E-state index contributed by atoms with van der Waals surface area (Å²) in [6.45, 7) is 6.53. The maximum atomic E-state index is 5.78. The van der Waals surface area contributed by atoms with Crippen molar-refractivity contribution in [2.75, 3.05) is 6.54 Å². The van der Waals surface area contributed by atoms with E-state index in [-0.39, 0.29) is 0 Å². The van der Waals surface area contributed by atoms with Gasteiger partial charge in [-0.1, -0.05) is 26.0 Å². The molecule has 0 amide bonds. The van der Waals surface area contributed by atoms with Gasteiger partial charge in [-0.3, -0.25) is 0 Å². The molecular formula is C15H24N2S. The smallest absolute Gasteiger partial charge is 0.0205 e. The van der Waals surface area contributed by atoms with Crippen molar-refractivity contribution in [2.24, 2.45) is 11.7 Å². The highest BCUT2D eigenvalue weighted by atomic mass is 32.2. The Hall–Kier alpha value is -0.510. The van der Waals surface area contributed by atoms with E-state index >= 15 is 0 Å². The quantitative estimate of drug-likeness (QED) is 0.776. The van der Waals surface area contributed by atoms with E-state index in [1.165, 1.54) is 23.3 Å². The molecule has 0 atom stereocenters. The van der Waals surface area contributed by atoms with Gasteiger partial charge in [-0.25, -0.2) is 0 Å². The van der Waals surface area contributed by atoms with Crippen LogP contribution in [0.5, 0.6) is 0 Å². The van der Waals surface area contributed by atoms with Gasteiger partial charge >= 0.3 is 0 Å². The van der Waals surface area contributed by atoms with E-state index < -0.39 is 0 Å². The molecule has 3 heteroatoms. The fourth-order valence-electron chi connectivity index (χ4n) is 2.33. The Balaban J connectivity index is 1.69. The van der Waals surface area contributed by atoms with Crippen LogP contribution >= 0.6 is 11.8 Å². The van der Waals surface area contributed by atoms with E-state index in [1.807, 2.05) is 11.8 Å². The van der Waals surface area contributed by atoms with Crippen LogP contribution in [0.25, 0.3) is 0 Å². The number of thioether (sulfide) groups is 1. The fourth-order valence-corrected chi connectivity index (χ4v) is 3.17. The molecule has 18 heavy (non-hydrogen) atoms. The van der Waals surface area contributed by atoms with Crippen LogP contribution in [0.4, 0.5) is 0 Å². The second-order valence-corrected chi connectivity index (χ2v) is 7.19. The molecule has 1 aromatic carbocycles. The van der Waals surface area contributed by atoms with E-state index in [1.54, 1.807) is 0 Å². The van der Waals surface area contributed by atoms with Gasteiger partial charge in [0, 0.05) is 22.7 Å². The molecule has 0 radical (unpaired) electrons. The molecule has 3 N–H and O–H groups in total. The summed E-state index contributed by atoms with van der Waals surface area (Å²) < 4.78 is 0. The van der Waals surface area contributed by atoms with Gasteiger partial charge in [0.05, 0.1) is 0 Å². The van der Waals surface area contributed by atoms with E-state index in [2.05, 4.69) is 43.4 Å². The molecule has 0 unspecified atom stereocenters. The normalized spacial score (nSPS) is 23.1. The van der Waals surface area contributed by atoms with Gasteiger partial charge in [-0.05, 0) is 43.0 Å². The first-order valence-electron chi connectivity index (χ1n) is 6.85. The number of rotatable bonds is 6. The summed E-state index contributed by atoms with van der Waals surface area (Å²) in [4.78, 5) is 1.36. The summed E-state index contributed by atoms with van der Waals surface area (Å²) >= 11 is 1.91. The second-order valence-electron chi connectivity index (χ2n) is 5.54. The lowest BCUT2D eigenvalue weighted by molar-refractivity contribution is 0.256. The van der Waals surface area contributed by atoms with Crippen molar-refractivity contribution in [3.63, 3.8) is 0 Å². The molecule has 1 saturated carbocycles. The molecule has 1 aliphatic rings. The van der Waals surface area contributed by atoms with Crippen LogP contribution in [0.2, 0.25) is 0 Å². The van der Waals surface area contributed by atoms with E-state index in [4.69, 9.17) is 5.73 Å². The number of benzene rings is 1. The van der Waals surface area contributed by atoms with Gasteiger partial charge < -0.3 is 11.1 Å².